The van der Waals surface area contributed by atoms with Crippen LogP contribution in [0.3, 0.4) is 0 Å². The van der Waals surface area contributed by atoms with Gasteiger partial charge in [0.1, 0.15) is 12.1 Å². The van der Waals surface area contributed by atoms with Gasteiger partial charge in [-0.1, -0.05) is 29.8 Å². The Morgan fingerprint density at radius 1 is 1.00 bits per heavy atom. The van der Waals surface area contributed by atoms with E-state index in [-0.39, 0.29) is 29.2 Å². The Kier molecular flexibility index (Phi) is 4.72. The molecule has 0 atom stereocenters. The molecule has 2 N–H and O–H groups in total. The Bertz CT molecular complexity index is 1700. The molecule has 5 aromatic rings. The molecule has 9 heteroatoms. The van der Waals surface area contributed by atoms with E-state index >= 15 is 0 Å². The number of phenols is 1. The molecule has 3 heterocycles. The number of nitrogens with one attached hydrogen (secondary N) is 1. The summed E-state index contributed by atoms with van der Waals surface area (Å²) in [5.41, 5.74) is 3.00. The highest BCUT2D eigenvalue weighted by atomic mass is 35.5. The minimum Gasteiger partial charge on any atom is -0.508 e. The maximum Gasteiger partial charge on any atom is 0.259 e. The fourth-order valence-electron chi connectivity index (χ4n) is 4.81. The summed E-state index contributed by atoms with van der Waals surface area (Å²) in [4.78, 5) is 42.5. The number of hydrogen-bond donors (Lipinski definition) is 2. The molecule has 172 valence electrons. The normalized spacial score (nSPS) is 12.9. The van der Waals surface area contributed by atoms with Gasteiger partial charge in [-0.3, -0.25) is 24.3 Å². The van der Waals surface area contributed by atoms with Crippen LogP contribution in [0.15, 0.2) is 67.3 Å². The molecule has 0 saturated heterocycles. The number of nitrogens with zero attached hydrogens (tertiary/aromatic N) is 3. The van der Waals surface area contributed by atoms with Gasteiger partial charge < -0.3 is 9.67 Å². The number of aryl methyl sites for hydroxylation is 1. The zero-order valence-electron chi connectivity index (χ0n) is 18.2. The minimum absolute atomic E-state index is 0.0275. The lowest BCUT2D eigenvalue weighted by atomic mass is 9.93. The molecule has 2 aromatic heterocycles. The molecule has 2 amide bonds. The molecule has 0 bridgehead atoms. The number of phenolic OH excluding ortho intramolecular Hbond substituents is 1. The van der Waals surface area contributed by atoms with Crippen LogP contribution in [-0.4, -0.2) is 36.9 Å². The van der Waals surface area contributed by atoms with E-state index in [0.717, 1.165) is 5.52 Å². The van der Waals surface area contributed by atoms with E-state index in [4.69, 9.17) is 11.6 Å². The lowest BCUT2D eigenvalue weighted by Crippen LogP contribution is -2.20. The van der Waals surface area contributed by atoms with Crippen molar-refractivity contribution in [1.82, 2.24) is 19.4 Å². The van der Waals surface area contributed by atoms with Crippen LogP contribution in [-0.2, 0) is 6.54 Å². The van der Waals surface area contributed by atoms with Crippen molar-refractivity contribution < 1.29 is 19.5 Å². The fourth-order valence-corrected chi connectivity index (χ4v) is 5.05. The zero-order valence-corrected chi connectivity index (χ0v) is 18.9. The number of amides is 2. The van der Waals surface area contributed by atoms with Crippen LogP contribution in [0.4, 0.5) is 0 Å². The van der Waals surface area contributed by atoms with E-state index in [2.05, 4.69) is 10.3 Å². The molecule has 0 spiro atoms. The Balaban J connectivity index is 1.65. The number of imide groups is 1. The number of benzene rings is 3. The Morgan fingerprint density at radius 2 is 1.80 bits per heavy atom. The summed E-state index contributed by atoms with van der Waals surface area (Å²) < 4.78 is 3.34. The number of carbonyl (C=O) groups is 3. The number of hydrogen-bond acceptors (Lipinski definition) is 5. The molecule has 0 radical (unpaired) electrons. The summed E-state index contributed by atoms with van der Waals surface area (Å²) in [7, 11) is 0. The second kappa shape index (κ2) is 7.82. The van der Waals surface area contributed by atoms with Crippen LogP contribution in [0.2, 0.25) is 5.02 Å². The van der Waals surface area contributed by atoms with E-state index in [0.29, 0.717) is 39.0 Å². The first-order valence-electron chi connectivity index (χ1n) is 10.9. The van der Waals surface area contributed by atoms with Crippen LogP contribution in [0.1, 0.15) is 31.9 Å². The predicted octanol–water partition coefficient (Wildman–Crippen LogP) is 4.63. The Hall–Kier alpha value is -4.43. The number of fused-ring (bicyclic) bond motifs is 5. The predicted molar refractivity (Wildman–Crippen MR) is 131 cm³/mol. The SMILES string of the molecule is O=C1NC(=O)c2c1c(-c1ccccc1Cl)cc1c2c2cc(O)ccc2n1CCC(=O)n1ccnc1. The first kappa shape index (κ1) is 21.1. The molecular weight excluding hydrogens is 468 g/mol. The van der Waals surface area contributed by atoms with E-state index in [9.17, 15) is 19.5 Å². The third-order valence-corrected chi connectivity index (χ3v) is 6.65. The van der Waals surface area contributed by atoms with Crippen LogP contribution in [0, 0.1) is 0 Å². The van der Waals surface area contributed by atoms with Crippen molar-refractivity contribution in [1.29, 1.82) is 0 Å². The molecule has 8 nitrogen and oxygen atoms in total. The third-order valence-electron chi connectivity index (χ3n) is 6.32. The molecule has 6 rings (SSSR count). The maximum absolute atomic E-state index is 13.0. The van der Waals surface area contributed by atoms with Gasteiger partial charge in [0, 0.05) is 52.2 Å². The van der Waals surface area contributed by atoms with Gasteiger partial charge in [-0.25, -0.2) is 4.98 Å². The van der Waals surface area contributed by atoms with Crippen LogP contribution in [0.25, 0.3) is 32.9 Å². The highest BCUT2D eigenvalue weighted by Crippen LogP contribution is 2.42. The van der Waals surface area contributed by atoms with Gasteiger partial charge in [-0.15, -0.1) is 0 Å². The van der Waals surface area contributed by atoms with E-state index in [1.807, 2.05) is 16.7 Å². The summed E-state index contributed by atoms with van der Waals surface area (Å²) in [5.74, 6) is -1.13. The number of rotatable bonds is 4. The molecule has 3 aromatic carbocycles. The Morgan fingerprint density at radius 3 is 2.57 bits per heavy atom. The van der Waals surface area contributed by atoms with Crippen molar-refractivity contribution in [2.75, 3.05) is 0 Å². The number of halogens is 1. The van der Waals surface area contributed by atoms with Crippen molar-refractivity contribution in [3.05, 3.63) is 83.4 Å². The topological polar surface area (TPSA) is 106 Å². The Labute approximate surface area is 203 Å². The van der Waals surface area contributed by atoms with Gasteiger partial charge >= 0.3 is 0 Å². The van der Waals surface area contributed by atoms with Crippen molar-refractivity contribution in [3.63, 3.8) is 0 Å². The minimum atomic E-state index is -0.513. The highest BCUT2D eigenvalue weighted by Gasteiger charge is 2.35. The highest BCUT2D eigenvalue weighted by molar-refractivity contribution is 6.36. The first-order chi connectivity index (χ1) is 16.9. The van der Waals surface area contributed by atoms with E-state index in [1.54, 1.807) is 42.6 Å². The largest absolute Gasteiger partial charge is 0.508 e. The summed E-state index contributed by atoms with van der Waals surface area (Å²) >= 11 is 6.48. The van der Waals surface area contributed by atoms with Gasteiger partial charge in [0.25, 0.3) is 11.8 Å². The monoisotopic (exact) mass is 484 g/mol. The van der Waals surface area contributed by atoms with Crippen LogP contribution in [0.5, 0.6) is 5.75 Å². The fraction of sp³-hybridized carbons (Fsp3) is 0.0769. The average molecular weight is 485 g/mol. The zero-order chi connectivity index (χ0) is 24.3. The van der Waals surface area contributed by atoms with Gasteiger partial charge in [-0.05, 0) is 35.9 Å². The molecule has 35 heavy (non-hydrogen) atoms. The molecule has 1 aliphatic rings. The van der Waals surface area contributed by atoms with Crippen molar-refractivity contribution in [2.24, 2.45) is 0 Å². The second-order valence-electron chi connectivity index (χ2n) is 8.30. The average Bonchev–Trinajstić information content (AvgIpc) is 3.55. The lowest BCUT2D eigenvalue weighted by molar-refractivity contribution is 0.0874. The van der Waals surface area contributed by atoms with Crippen molar-refractivity contribution >= 4 is 51.1 Å². The van der Waals surface area contributed by atoms with Crippen molar-refractivity contribution in [3.8, 4) is 16.9 Å². The molecule has 0 aliphatic carbocycles. The number of aromatic nitrogens is 3. The van der Waals surface area contributed by atoms with Gasteiger partial charge in [0.15, 0.2) is 0 Å². The summed E-state index contributed by atoms with van der Waals surface area (Å²) in [6.45, 7) is 0.304. The van der Waals surface area contributed by atoms with E-state index < -0.39 is 11.8 Å². The van der Waals surface area contributed by atoms with Crippen LogP contribution < -0.4 is 5.32 Å². The molecule has 1 aliphatic heterocycles. The van der Waals surface area contributed by atoms with Crippen LogP contribution >= 0.6 is 11.6 Å². The first-order valence-corrected chi connectivity index (χ1v) is 11.3. The van der Waals surface area contributed by atoms with Gasteiger partial charge in [0.05, 0.1) is 16.6 Å². The van der Waals surface area contributed by atoms with Gasteiger partial charge in [-0.2, -0.15) is 0 Å². The molecule has 0 saturated carbocycles. The molecule has 0 fully saturated rings. The quantitative estimate of drug-likeness (QED) is 0.362. The third kappa shape index (κ3) is 3.22. The lowest BCUT2D eigenvalue weighted by Gasteiger charge is -2.12. The smallest absolute Gasteiger partial charge is 0.259 e. The number of carbonyl (C=O) groups excluding carboxylic acids is 3. The summed E-state index contributed by atoms with van der Waals surface area (Å²) in [6.07, 6.45) is 4.74. The standard InChI is InChI=1S/C26H17ClN4O4/c27-18-4-2-1-3-15(18)16-12-20-22(24-23(16)25(34)29-26(24)35)17-11-14(32)5-6-19(17)31(20)9-7-21(33)30-10-8-28-13-30/h1-6,8,10-13,32H,7,9H2,(H,29,34,35). The molecule has 0 unspecified atom stereocenters. The van der Waals surface area contributed by atoms with E-state index in [1.165, 1.54) is 17.1 Å². The second-order valence-corrected chi connectivity index (χ2v) is 8.71. The summed E-state index contributed by atoms with van der Waals surface area (Å²) in [5, 5.41) is 14.2. The maximum atomic E-state index is 13.0. The number of aromatic hydroxyl groups is 1. The number of imidazole rings is 1. The summed E-state index contributed by atoms with van der Waals surface area (Å²) in [6, 6.07) is 13.8. The molecular formula is C26H17ClN4O4. The van der Waals surface area contributed by atoms with Crippen molar-refractivity contribution in [2.45, 2.75) is 13.0 Å². The van der Waals surface area contributed by atoms with Gasteiger partial charge in [0.2, 0.25) is 5.91 Å².